The third-order valence-corrected chi connectivity index (χ3v) is 4.67. The molecule has 0 N–H and O–H groups in total. The van der Waals surface area contributed by atoms with Crippen LogP contribution in [0.1, 0.15) is 28.8 Å². The summed E-state index contributed by atoms with van der Waals surface area (Å²) in [4.78, 5) is 25.2. The van der Waals surface area contributed by atoms with Gasteiger partial charge in [-0.2, -0.15) is 4.37 Å². The van der Waals surface area contributed by atoms with Crippen LogP contribution in [0.3, 0.4) is 0 Å². The lowest BCUT2D eigenvalue weighted by molar-refractivity contribution is 0.0740. The number of amides is 1. The zero-order chi connectivity index (χ0) is 15.5. The first-order valence-electron chi connectivity index (χ1n) is 7.47. The van der Waals surface area contributed by atoms with Crippen LogP contribution in [0.2, 0.25) is 0 Å². The van der Waals surface area contributed by atoms with Gasteiger partial charge in [0.25, 0.3) is 5.91 Å². The second-order valence-electron chi connectivity index (χ2n) is 5.31. The third-order valence-electron chi connectivity index (χ3n) is 3.81. The molecule has 0 bridgehead atoms. The Hall–Kier alpha value is -2.02. The van der Waals surface area contributed by atoms with Crippen LogP contribution in [0.25, 0.3) is 0 Å². The molecule has 7 heteroatoms. The number of hydrogen-bond acceptors (Lipinski definition) is 6. The Bertz CT molecular complexity index is 663. The zero-order valence-electron chi connectivity index (χ0n) is 12.8. The van der Waals surface area contributed by atoms with Gasteiger partial charge in [0.15, 0.2) is 0 Å². The Morgan fingerprint density at radius 2 is 2.09 bits per heavy atom. The van der Waals surface area contributed by atoms with Crippen molar-refractivity contribution < 1.29 is 4.79 Å². The van der Waals surface area contributed by atoms with Crippen molar-refractivity contribution in [1.29, 1.82) is 0 Å². The van der Waals surface area contributed by atoms with Gasteiger partial charge in [-0.25, -0.2) is 4.98 Å². The Balaban J connectivity index is 1.64. The maximum Gasteiger partial charge on any atom is 0.272 e. The molecule has 1 saturated heterocycles. The number of aromatic nitrogens is 3. The molecule has 1 aliphatic rings. The summed E-state index contributed by atoms with van der Waals surface area (Å²) in [6.45, 7) is 6.92. The van der Waals surface area contributed by atoms with Gasteiger partial charge in [-0.15, -0.1) is 0 Å². The summed E-state index contributed by atoms with van der Waals surface area (Å²) in [5.41, 5.74) is 1.68. The molecule has 2 aromatic heterocycles. The van der Waals surface area contributed by atoms with Crippen molar-refractivity contribution in [1.82, 2.24) is 19.2 Å². The minimum atomic E-state index is 0.0170. The molecule has 0 radical (unpaired) electrons. The lowest BCUT2D eigenvalue weighted by Crippen LogP contribution is -2.49. The standard InChI is InChI=1S/C15H19N5OS/c1-3-12-4-5-16-13(10-12)14(21)19-6-8-20(9-7-19)15-17-11(2)18-22-15/h4-5,10H,3,6-9H2,1-2H3. The highest BCUT2D eigenvalue weighted by atomic mass is 32.1. The number of aryl methyl sites for hydroxylation is 2. The van der Waals surface area contributed by atoms with Crippen molar-refractivity contribution in [2.24, 2.45) is 0 Å². The quantitative estimate of drug-likeness (QED) is 0.863. The number of rotatable bonds is 3. The van der Waals surface area contributed by atoms with E-state index in [-0.39, 0.29) is 5.91 Å². The van der Waals surface area contributed by atoms with Gasteiger partial charge in [-0.05, 0) is 31.0 Å². The van der Waals surface area contributed by atoms with Gasteiger partial charge in [-0.1, -0.05) is 6.92 Å². The highest BCUT2D eigenvalue weighted by molar-refractivity contribution is 7.09. The number of nitrogens with zero attached hydrogens (tertiary/aromatic N) is 5. The van der Waals surface area contributed by atoms with Crippen molar-refractivity contribution in [3.05, 3.63) is 35.4 Å². The largest absolute Gasteiger partial charge is 0.343 e. The van der Waals surface area contributed by atoms with Crippen molar-refractivity contribution in [3.63, 3.8) is 0 Å². The molecular formula is C15H19N5OS. The number of piperazine rings is 1. The van der Waals surface area contributed by atoms with E-state index in [4.69, 9.17) is 0 Å². The molecule has 116 valence electrons. The van der Waals surface area contributed by atoms with Crippen LogP contribution in [-0.4, -0.2) is 51.3 Å². The molecule has 3 rings (SSSR count). The normalized spacial score (nSPS) is 15.2. The van der Waals surface area contributed by atoms with Crippen LogP contribution in [0, 0.1) is 6.92 Å². The fraction of sp³-hybridized carbons (Fsp3) is 0.467. The third kappa shape index (κ3) is 3.09. The summed E-state index contributed by atoms with van der Waals surface area (Å²) in [5, 5.41) is 0.940. The van der Waals surface area contributed by atoms with E-state index < -0.39 is 0 Å². The molecule has 0 unspecified atom stereocenters. The van der Waals surface area contributed by atoms with E-state index in [1.165, 1.54) is 11.5 Å². The lowest BCUT2D eigenvalue weighted by atomic mass is 10.1. The molecule has 6 nitrogen and oxygen atoms in total. The van der Waals surface area contributed by atoms with Crippen LogP contribution in [0.5, 0.6) is 0 Å². The van der Waals surface area contributed by atoms with Gasteiger partial charge in [0.05, 0.1) is 0 Å². The molecule has 0 spiro atoms. The van der Waals surface area contributed by atoms with Crippen LogP contribution < -0.4 is 4.90 Å². The monoisotopic (exact) mass is 317 g/mol. The van der Waals surface area contributed by atoms with Crippen LogP contribution >= 0.6 is 11.5 Å². The number of anilines is 1. The van der Waals surface area contributed by atoms with E-state index >= 15 is 0 Å². The summed E-state index contributed by atoms with van der Waals surface area (Å²) in [6.07, 6.45) is 2.62. The fourth-order valence-corrected chi connectivity index (χ4v) is 3.21. The van der Waals surface area contributed by atoms with Crippen molar-refractivity contribution in [2.75, 3.05) is 31.1 Å². The number of hydrogen-bond donors (Lipinski definition) is 0. The molecule has 22 heavy (non-hydrogen) atoms. The molecule has 3 heterocycles. The van der Waals surface area contributed by atoms with E-state index in [9.17, 15) is 4.79 Å². The Morgan fingerprint density at radius 1 is 1.32 bits per heavy atom. The molecule has 0 aromatic carbocycles. The van der Waals surface area contributed by atoms with Gasteiger partial charge in [0.1, 0.15) is 11.5 Å². The van der Waals surface area contributed by atoms with Crippen molar-refractivity contribution >= 4 is 22.6 Å². The Kier molecular flexibility index (Phi) is 4.33. The first-order valence-corrected chi connectivity index (χ1v) is 8.24. The predicted molar refractivity (Wildman–Crippen MR) is 86.4 cm³/mol. The Morgan fingerprint density at radius 3 is 2.73 bits per heavy atom. The highest BCUT2D eigenvalue weighted by Gasteiger charge is 2.24. The van der Waals surface area contributed by atoms with Crippen molar-refractivity contribution in [3.8, 4) is 0 Å². The van der Waals surface area contributed by atoms with E-state index in [1.54, 1.807) is 6.20 Å². The predicted octanol–water partition coefficient (Wildman–Crippen LogP) is 1.77. The smallest absolute Gasteiger partial charge is 0.272 e. The number of carbonyl (C=O) groups is 1. The first-order chi connectivity index (χ1) is 10.7. The Labute approximate surface area is 134 Å². The molecule has 0 atom stereocenters. The fourth-order valence-electron chi connectivity index (χ4n) is 2.49. The van der Waals surface area contributed by atoms with Gasteiger partial charge in [-0.3, -0.25) is 9.78 Å². The lowest BCUT2D eigenvalue weighted by Gasteiger charge is -2.34. The minimum absolute atomic E-state index is 0.0170. The summed E-state index contributed by atoms with van der Waals surface area (Å²) >= 11 is 1.42. The van der Waals surface area contributed by atoms with Crippen LogP contribution in [0.4, 0.5) is 5.13 Å². The first kappa shape index (κ1) is 14.9. The summed E-state index contributed by atoms with van der Waals surface area (Å²) in [5.74, 6) is 0.822. The number of pyridine rings is 1. The second-order valence-corrected chi connectivity index (χ2v) is 6.04. The van der Waals surface area contributed by atoms with E-state index in [1.807, 2.05) is 24.0 Å². The SMILES string of the molecule is CCc1ccnc(C(=O)N2CCN(c3nc(C)ns3)CC2)c1. The van der Waals surface area contributed by atoms with Gasteiger partial charge in [0, 0.05) is 43.9 Å². The summed E-state index contributed by atoms with van der Waals surface area (Å²) < 4.78 is 4.21. The molecule has 2 aromatic rings. The average Bonchev–Trinajstić information content (AvgIpc) is 3.01. The number of carbonyl (C=O) groups excluding carboxylic acids is 1. The van der Waals surface area contributed by atoms with E-state index in [2.05, 4.69) is 26.2 Å². The van der Waals surface area contributed by atoms with Gasteiger partial charge >= 0.3 is 0 Å². The van der Waals surface area contributed by atoms with Gasteiger partial charge in [0.2, 0.25) is 5.13 Å². The average molecular weight is 317 g/mol. The zero-order valence-corrected chi connectivity index (χ0v) is 13.6. The molecule has 1 amide bonds. The summed E-state index contributed by atoms with van der Waals surface area (Å²) in [7, 11) is 0. The summed E-state index contributed by atoms with van der Waals surface area (Å²) in [6, 6.07) is 3.84. The van der Waals surface area contributed by atoms with Crippen molar-refractivity contribution in [2.45, 2.75) is 20.3 Å². The maximum absolute atomic E-state index is 12.5. The second kappa shape index (κ2) is 6.39. The molecule has 0 aliphatic carbocycles. The maximum atomic E-state index is 12.5. The van der Waals surface area contributed by atoms with E-state index in [0.29, 0.717) is 18.8 Å². The molecule has 1 aliphatic heterocycles. The molecule has 0 saturated carbocycles. The topological polar surface area (TPSA) is 62.2 Å². The molecule has 1 fully saturated rings. The van der Waals surface area contributed by atoms with E-state index in [0.717, 1.165) is 36.0 Å². The minimum Gasteiger partial charge on any atom is -0.343 e. The highest BCUT2D eigenvalue weighted by Crippen LogP contribution is 2.19. The van der Waals surface area contributed by atoms with Crippen LogP contribution in [0.15, 0.2) is 18.3 Å². The van der Waals surface area contributed by atoms with Crippen LogP contribution in [-0.2, 0) is 6.42 Å². The van der Waals surface area contributed by atoms with Gasteiger partial charge < -0.3 is 9.80 Å². The molecular weight excluding hydrogens is 298 g/mol.